The van der Waals surface area contributed by atoms with Crippen LogP contribution in [0.4, 0.5) is 0 Å². The number of para-hydroxylation sites is 1. The summed E-state index contributed by atoms with van der Waals surface area (Å²) in [6.45, 7) is 4.07. The van der Waals surface area contributed by atoms with Crippen molar-refractivity contribution in [2.75, 3.05) is 6.54 Å². The van der Waals surface area contributed by atoms with Gasteiger partial charge in [0.25, 0.3) is 0 Å². The van der Waals surface area contributed by atoms with E-state index in [1.807, 2.05) is 68.4 Å². The molecule has 5 unspecified atom stereocenters. The number of nitrogens with two attached hydrogens (primary N) is 1. The van der Waals surface area contributed by atoms with Crippen LogP contribution in [0.25, 0.3) is 10.9 Å². The van der Waals surface area contributed by atoms with Gasteiger partial charge in [-0.15, -0.1) is 0 Å². The van der Waals surface area contributed by atoms with Gasteiger partial charge in [0.1, 0.15) is 18.1 Å². The Morgan fingerprint density at radius 1 is 1.02 bits per heavy atom. The Morgan fingerprint density at radius 3 is 2.44 bits per heavy atom. The molecular weight excluding hydrogens is 522 g/mol. The van der Waals surface area contributed by atoms with Crippen molar-refractivity contribution in [3.8, 4) is 0 Å². The average Bonchev–Trinajstić information content (AvgIpc) is 3.63. The van der Waals surface area contributed by atoms with Gasteiger partial charge in [0, 0.05) is 30.1 Å². The van der Waals surface area contributed by atoms with Crippen molar-refractivity contribution in [3.63, 3.8) is 0 Å². The Kier molecular flexibility index (Phi) is 9.78. The number of fused-ring (bicyclic) bond motifs is 1. The lowest BCUT2D eigenvalue weighted by Crippen LogP contribution is -2.59. The maximum Gasteiger partial charge on any atom is 0.326 e. The second kappa shape index (κ2) is 13.5. The second-order valence-electron chi connectivity index (χ2n) is 10.8. The van der Waals surface area contributed by atoms with Crippen LogP contribution in [0.3, 0.4) is 0 Å². The highest BCUT2D eigenvalue weighted by Gasteiger charge is 2.39. The SMILES string of the molecule is CCC(C)C(NC(=O)C(N)Cc1ccccc1)C(=O)NC(Cc1c[nH]c2ccccc12)C(=O)N1CCCC1C(=O)O. The van der Waals surface area contributed by atoms with E-state index in [1.54, 1.807) is 6.20 Å². The Labute approximate surface area is 239 Å². The molecule has 6 N–H and O–H groups in total. The Balaban J connectivity index is 1.55. The van der Waals surface area contributed by atoms with E-state index in [9.17, 15) is 24.3 Å². The maximum atomic E-state index is 13.8. The molecule has 1 saturated heterocycles. The summed E-state index contributed by atoms with van der Waals surface area (Å²) in [5, 5.41) is 16.3. The van der Waals surface area contributed by atoms with Gasteiger partial charge >= 0.3 is 5.97 Å². The van der Waals surface area contributed by atoms with Crippen LogP contribution in [0.5, 0.6) is 0 Å². The third-order valence-electron chi connectivity index (χ3n) is 7.96. The highest BCUT2D eigenvalue weighted by molar-refractivity contribution is 5.95. The number of benzene rings is 2. The van der Waals surface area contributed by atoms with E-state index >= 15 is 0 Å². The Morgan fingerprint density at radius 2 is 1.73 bits per heavy atom. The van der Waals surface area contributed by atoms with Crippen molar-refractivity contribution in [2.45, 2.75) is 70.1 Å². The van der Waals surface area contributed by atoms with Gasteiger partial charge in [-0.1, -0.05) is 68.8 Å². The number of carboxylic acids is 1. The van der Waals surface area contributed by atoms with Gasteiger partial charge in [-0.25, -0.2) is 4.79 Å². The summed E-state index contributed by atoms with van der Waals surface area (Å²) in [6, 6.07) is 13.3. The largest absolute Gasteiger partial charge is 0.480 e. The standard InChI is InChI=1S/C31H39N5O5/c1-3-19(2)27(35-28(37)23(32)16-20-10-5-4-6-11-20)29(38)34-25(30(39)36-15-9-14-26(36)31(40)41)17-21-18-33-24-13-8-7-12-22(21)24/h4-8,10-13,18-19,23,25-27,33H,3,9,14-17,32H2,1-2H3,(H,34,38)(H,35,37)(H,40,41). The van der Waals surface area contributed by atoms with E-state index in [0.717, 1.165) is 22.0 Å². The van der Waals surface area contributed by atoms with Gasteiger partial charge in [-0.05, 0) is 42.4 Å². The Bertz CT molecular complexity index is 1370. The van der Waals surface area contributed by atoms with Crippen molar-refractivity contribution >= 4 is 34.6 Å². The molecule has 10 nitrogen and oxygen atoms in total. The lowest BCUT2D eigenvalue weighted by Gasteiger charge is -2.30. The van der Waals surface area contributed by atoms with Crippen LogP contribution in [-0.2, 0) is 32.0 Å². The summed E-state index contributed by atoms with van der Waals surface area (Å²) in [5.74, 6) is -2.73. The van der Waals surface area contributed by atoms with Crippen molar-refractivity contribution in [1.29, 1.82) is 0 Å². The molecule has 0 bridgehead atoms. The molecule has 1 fully saturated rings. The van der Waals surface area contributed by atoms with Crippen LogP contribution in [-0.4, -0.2) is 69.4 Å². The molecule has 3 aromatic rings. The van der Waals surface area contributed by atoms with E-state index in [0.29, 0.717) is 32.2 Å². The smallest absolute Gasteiger partial charge is 0.326 e. The maximum absolute atomic E-state index is 13.8. The van der Waals surface area contributed by atoms with Gasteiger partial charge in [-0.3, -0.25) is 14.4 Å². The summed E-state index contributed by atoms with van der Waals surface area (Å²) in [4.78, 5) is 57.0. The molecule has 2 heterocycles. The van der Waals surface area contributed by atoms with Crippen molar-refractivity contribution in [2.24, 2.45) is 11.7 Å². The number of rotatable bonds is 12. The van der Waals surface area contributed by atoms with E-state index < -0.39 is 47.9 Å². The molecular formula is C31H39N5O5. The first-order chi connectivity index (χ1) is 19.7. The molecule has 1 aromatic heterocycles. The number of amides is 3. The molecule has 0 spiro atoms. The molecule has 0 saturated carbocycles. The molecule has 0 radical (unpaired) electrons. The zero-order valence-electron chi connectivity index (χ0n) is 23.5. The number of aliphatic carboxylic acids is 1. The zero-order valence-corrected chi connectivity index (χ0v) is 23.5. The minimum atomic E-state index is -1.06. The van der Waals surface area contributed by atoms with E-state index in [1.165, 1.54) is 4.90 Å². The summed E-state index contributed by atoms with van der Waals surface area (Å²) in [5.41, 5.74) is 8.81. The molecule has 5 atom stereocenters. The molecule has 218 valence electrons. The summed E-state index contributed by atoms with van der Waals surface area (Å²) >= 11 is 0. The number of H-pyrrole nitrogens is 1. The van der Waals surface area contributed by atoms with Gasteiger partial charge in [0.05, 0.1) is 6.04 Å². The van der Waals surface area contributed by atoms with Gasteiger partial charge in [0.15, 0.2) is 0 Å². The number of carbonyl (C=O) groups excluding carboxylic acids is 3. The number of carbonyl (C=O) groups is 4. The number of aromatic amines is 1. The number of aromatic nitrogens is 1. The fourth-order valence-corrected chi connectivity index (χ4v) is 5.39. The molecule has 1 aliphatic heterocycles. The first-order valence-electron chi connectivity index (χ1n) is 14.2. The fourth-order valence-electron chi connectivity index (χ4n) is 5.39. The van der Waals surface area contributed by atoms with E-state index in [-0.39, 0.29) is 12.3 Å². The number of hydrogen-bond acceptors (Lipinski definition) is 5. The van der Waals surface area contributed by atoms with E-state index in [2.05, 4.69) is 15.6 Å². The molecule has 10 heteroatoms. The molecule has 2 aromatic carbocycles. The number of likely N-dealkylation sites (tertiary alicyclic amines) is 1. The van der Waals surface area contributed by atoms with Crippen molar-refractivity contribution in [1.82, 2.24) is 20.5 Å². The highest BCUT2D eigenvalue weighted by Crippen LogP contribution is 2.23. The van der Waals surface area contributed by atoms with Crippen LogP contribution in [0.15, 0.2) is 60.8 Å². The van der Waals surface area contributed by atoms with Crippen LogP contribution < -0.4 is 16.4 Å². The second-order valence-corrected chi connectivity index (χ2v) is 10.8. The third kappa shape index (κ3) is 7.13. The van der Waals surface area contributed by atoms with Gasteiger partial charge < -0.3 is 31.4 Å². The topological polar surface area (TPSA) is 158 Å². The first-order valence-corrected chi connectivity index (χ1v) is 14.2. The van der Waals surface area contributed by atoms with Crippen molar-refractivity contribution < 1.29 is 24.3 Å². The van der Waals surface area contributed by atoms with Crippen LogP contribution in [0, 0.1) is 5.92 Å². The summed E-state index contributed by atoms with van der Waals surface area (Å²) < 4.78 is 0. The minimum absolute atomic E-state index is 0.159. The highest BCUT2D eigenvalue weighted by atomic mass is 16.4. The molecule has 4 rings (SSSR count). The van der Waals surface area contributed by atoms with Gasteiger partial charge in [0.2, 0.25) is 17.7 Å². The first kappa shape index (κ1) is 29.8. The molecule has 1 aliphatic rings. The lowest BCUT2D eigenvalue weighted by molar-refractivity contribution is -0.149. The predicted molar refractivity (Wildman–Crippen MR) is 156 cm³/mol. The summed E-state index contributed by atoms with van der Waals surface area (Å²) in [6.07, 6.45) is 3.80. The zero-order chi connectivity index (χ0) is 29.5. The van der Waals surface area contributed by atoms with Crippen LogP contribution >= 0.6 is 0 Å². The average molecular weight is 562 g/mol. The predicted octanol–water partition coefficient (Wildman–Crippen LogP) is 2.37. The number of nitrogens with one attached hydrogen (secondary N) is 3. The number of nitrogens with zero attached hydrogens (tertiary/aromatic N) is 1. The quantitative estimate of drug-likeness (QED) is 0.228. The molecule has 3 amide bonds. The van der Waals surface area contributed by atoms with Gasteiger partial charge in [-0.2, -0.15) is 0 Å². The number of carboxylic acid groups (broad SMARTS) is 1. The lowest BCUT2D eigenvalue weighted by atomic mass is 9.96. The van der Waals surface area contributed by atoms with Crippen LogP contribution in [0.2, 0.25) is 0 Å². The fraction of sp³-hybridized carbons (Fsp3) is 0.419. The Hall–Kier alpha value is -4.18. The summed E-state index contributed by atoms with van der Waals surface area (Å²) in [7, 11) is 0. The normalized spacial score (nSPS) is 17.9. The number of hydrogen-bond donors (Lipinski definition) is 5. The van der Waals surface area contributed by atoms with E-state index in [4.69, 9.17) is 5.73 Å². The molecule has 41 heavy (non-hydrogen) atoms. The minimum Gasteiger partial charge on any atom is -0.480 e. The monoisotopic (exact) mass is 561 g/mol. The third-order valence-corrected chi connectivity index (χ3v) is 7.96. The van der Waals surface area contributed by atoms with Crippen molar-refractivity contribution in [3.05, 3.63) is 71.9 Å². The molecule has 0 aliphatic carbocycles. The van der Waals surface area contributed by atoms with Crippen LogP contribution in [0.1, 0.15) is 44.2 Å².